The molecular weight excluding hydrogens is 274 g/mol. The van der Waals surface area contributed by atoms with Gasteiger partial charge in [0.1, 0.15) is 0 Å². The minimum absolute atomic E-state index is 0.104. The van der Waals surface area contributed by atoms with Crippen LogP contribution in [-0.4, -0.2) is 0 Å². The van der Waals surface area contributed by atoms with Crippen LogP contribution in [0.4, 0.5) is 0 Å². The first-order chi connectivity index (χ1) is 8.25. The van der Waals surface area contributed by atoms with Crippen molar-refractivity contribution in [2.45, 2.75) is 18.9 Å². The first kappa shape index (κ1) is 12.3. The lowest BCUT2D eigenvalue weighted by Gasteiger charge is -2.12. The molecule has 0 saturated heterocycles. The SMILES string of the molecule is NC(CCc1ccccc1)c1cccc(Br)c1. The zero-order chi connectivity index (χ0) is 12.1. The lowest BCUT2D eigenvalue weighted by atomic mass is 10.00. The van der Waals surface area contributed by atoms with E-state index in [1.165, 1.54) is 11.1 Å². The van der Waals surface area contributed by atoms with Crippen LogP contribution >= 0.6 is 15.9 Å². The number of aryl methyl sites for hydroxylation is 1. The third-order valence-corrected chi connectivity index (χ3v) is 3.36. The summed E-state index contributed by atoms with van der Waals surface area (Å²) in [6.45, 7) is 0. The molecule has 17 heavy (non-hydrogen) atoms. The van der Waals surface area contributed by atoms with Crippen LogP contribution in [0.2, 0.25) is 0 Å². The molecule has 2 rings (SSSR count). The molecular formula is C15H16BrN. The number of hydrogen-bond acceptors (Lipinski definition) is 1. The van der Waals surface area contributed by atoms with Crippen LogP contribution in [0.3, 0.4) is 0 Å². The van der Waals surface area contributed by atoms with E-state index in [0.29, 0.717) is 0 Å². The Hall–Kier alpha value is -1.12. The standard InChI is InChI=1S/C15H16BrN/c16-14-8-4-7-13(11-14)15(17)10-9-12-5-2-1-3-6-12/h1-8,11,15H,9-10,17H2. The van der Waals surface area contributed by atoms with Crippen LogP contribution < -0.4 is 5.73 Å². The molecule has 0 bridgehead atoms. The van der Waals surface area contributed by atoms with Gasteiger partial charge in [-0.3, -0.25) is 0 Å². The molecule has 2 heteroatoms. The smallest absolute Gasteiger partial charge is 0.0298 e. The van der Waals surface area contributed by atoms with Gasteiger partial charge in [-0.2, -0.15) is 0 Å². The summed E-state index contributed by atoms with van der Waals surface area (Å²) in [4.78, 5) is 0. The molecule has 88 valence electrons. The maximum Gasteiger partial charge on any atom is 0.0298 e. The summed E-state index contributed by atoms with van der Waals surface area (Å²) in [7, 11) is 0. The van der Waals surface area contributed by atoms with Crippen molar-refractivity contribution in [1.29, 1.82) is 0 Å². The van der Waals surface area contributed by atoms with Crippen LogP contribution in [0.1, 0.15) is 23.6 Å². The van der Waals surface area contributed by atoms with Crippen LogP contribution in [0.15, 0.2) is 59.1 Å². The van der Waals surface area contributed by atoms with Gasteiger partial charge in [0, 0.05) is 10.5 Å². The van der Waals surface area contributed by atoms with Crippen LogP contribution in [0.25, 0.3) is 0 Å². The second-order valence-electron chi connectivity index (χ2n) is 4.19. The highest BCUT2D eigenvalue weighted by Crippen LogP contribution is 2.20. The summed E-state index contributed by atoms with van der Waals surface area (Å²) in [5.74, 6) is 0. The lowest BCUT2D eigenvalue weighted by molar-refractivity contribution is 0.651. The van der Waals surface area contributed by atoms with E-state index >= 15 is 0 Å². The molecule has 1 nitrogen and oxygen atoms in total. The topological polar surface area (TPSA) is 26.0 Å². The molecule has 0 aliphatic rings. The van der Waals surface area contributed by atoms with E-state index in [1.54, 1.807) is 0 Å². The molecule has 0 radical (unpaired) electrons. The largest absolute Gasteiger partial charge is 0.324 e. The maximum atomic E-state index is 6.19. The lowest BCUT2D eigenvalue weighted by Crippen LogP contribution is -2.11. The zero-order valence-electron chi connectivity index (χ0n) is 9.64. The molecule has 2 aromatic carbocycles. The molecule has 0 aromatic heterocycles. The van der Waals surface area contributed by atoms with Gasteiger partial charge in [0.15, 0.2) is 0 Å². The number of nitrogens with two attached hydrogens (primary N) is 1. The molecule has 0 amide bonds. The van der Waals surface area contributed by atoms with Crippen molar-refractivity contribution in [1.82, 2.24) is 0 Å². The van der Waals surface area contributed by atoms with Crippen molar-refractivity contribution in [3.8, 4) is 0 Å². The molecule has 2 aromatic rings. The van der Waals surface area contributed by atoms with E-state index in [2.05, 4.69) is 52.3 Å². The molecule has 1 unspecified atom stereocenters. The average molecular weight is 290 g/mol. The summed E-state index contributed by atoms with van der Waals surface area (Å²) in [5, 5.41) is 0. The summed E-state index contributed by atoms with van der Waals surface area (Å²) in [6, 6.07) is 18.8. The average Bonchev–Trinajstić information content (AvgIpc) is 2.37. The molecule has 0 saturated carbocycles. The highest BCUT2D eigenvalue weighted by atomic mass is 79.9. The fourth-order valence-electron chi connectivity index (χ4n) is 1.87. The summed E-state index contributed by atoms with van der Waals surface area (Å²) in [6.07, 6.45) is 2.00. The molecule has 2 N–H and O–H groups in total. The summed E-state index contributed by atoms with van der Waals surface area (Å²) in [5.41, 5.74) is 8.73. The number of benzene rings is 2. The van der Waals surface area contributed by atoms with Crippen molar-refractivity contribution in [3.63, 3.8) is 0 Å². The van der Waals surface area contributed by atoms with E-state index in [4.69, 9.17) is 5.73 Å². The fraction of sp³-hybridized carbons (Fsp3) is 0.200. The molecule has 0 aliphatic heterocycles. The van der Waals surface area contributed by atoms with Gasteiger partial charge in [0.05, 0.1) is 0 Å². The number of rotatable bonds is 4. The second-order valence-corrected chi connectivity index (χ2v) is 5.10. The monoisotopic (exact) mass is 289 g/mol. The van der Waals surface area contributed by atoms with E-state index in [0.717, 1.165) is 17.3 Å². The minimum atomic E-state index is 0.104. The molecule has 0 heterocycles. The van der Waals surface area contributed by atoms with Crippen LogP contribution in [0, 0.1) is 0 Å². The maximum absolute atomic E-state index is 6.19. The molecule has 0 fully saturated rings. The normalized spacial score (nSPS) is 12.4. The van der Waals surface area contributed by atoms with Gasteiger partial charge < -0.3 is 5.73 Å². The number of halogens is 1. The van der Waals surface area contributed by atoms with Gasteiger partial charge in [-0.25, -0.2) is 0 Å². The van der Waals surface area contributed by atoms with E-state index in [1.807, 2.05) is 18.2 Å². The Bertz CT molecular complexity index is 467. The third-order valence-electron chi connectivity index (χ3n) is 2.86. The van der Waals surface area contributed by atoms with Gasteiger partial charge in [0.25, 0.3) is 0 Å². The highest BCUT2D eigenvalue weighted by molar-refractivity contribution is 9.10. The number of hydrogen-bond donors (Lipinski definition) is 1. The van der Waals surface area contributed by atoms with Crippen molar-refractivity contribution in [2.75, 3.05) is 0 Å². The third kappa shape index (κ3) is 3.69. The summed E-state index contributed by atoms with van der Waals surface area (Å²) < 4.78 is 1.09. The van der Waals surface area contributed by atoms with Gasteiger partial charge in [-0.15, -0.1) is 0 Å². The van der Waals surface area contributed by atoms with Crippen molar-refractivity contribution in [3.05, 3.63) is 70.2 Å². The predicted octanol–water partition coefficient (Wildman–Crippen LogP) is 4.08. The zero-order valence-corrected chi connectivity index (χ0v) is 11.2. The van der Waals surface area contributed by atoms with Gasteiger partial charge >= 0.3 is 0 Å². The van der Waals surface area contributed by atoms with Gasteiger partial charge in [-0.1, -0.05) is 58.4 Å². The van der Waals surface area contributed by atoms with Crippen LogP contribution in [0.5, 0.6) is 0 Å². The predicted molar refractivity (Wildman–Crippen MR) is 75.8 cm³/mol. The van der Waals surface area contributed by atoms with Crippen LogP contribution in [-0.2, 0) is 6.42 Å². The van der Waals surface area contributed by atoms with Crippen molar-refractivity contribution < 1.29 is 0 Å². The van der Waals surface area contributed by atoms with E-state index in [9.17, 15) is 0 Å². The van der Waals surface area contributed by atoms with Gasteiger partial charge in [0.2, 0.25) is 0 Å². The molecule has 1 atom stereocenters. The first-order valence-electron chi connectivity index (χ1n) is 5.80. The molecule has 0 spiro atoms. The Balaban J connectivity index is 1.96. The molecule has 0 aliphatic carbocycles. The van der Waals surface area contributed by atoms with E-state index < -0.39 is 0 Å². The Labute approximate surface area is 111 Å². The summed E-state index contributed by atoms with van der Waals surface area (Å²) >= 11 is 3.47. The Morgan fingerprint density at radius 1 is 1.00 bits per heavy atom. The van der Waals surface area contributed by atoms with Crippen molar-refractivity contribution >= 4 is 15.9 Å². The highest BCUT2D eigenvalue weighted by Gasteiger charge is 2.06. The fourth-order valence-corrected chi connectivity index (χ4v) is 2.29. The first-order valence-corrected chi connectivity index (χ1v) is 6.60. The Kier molecular flexibility index (Phi) is 4.35. The van der Waals surface area contributed by atoms with E-state index in [-0.39, 0.29) is 6.04 Å². The van der Waals surface area contributed by atoms with Crippen molar-refractivity contribution in [2.24, 2.45) is 5.73 Å². The van der Waals surface area contributed by atoms with Gasteiger partial charge in [-0.05, 0) is 36.1 Å². The Morgan fingerprint density at radius 2 is 1.76 bits per heavy atom. The Morgan fingerprint density at radius 3 is 2.47 bits per heavy atom. The quantitative estimate of drug-likeness (QED) is 0.902. The minimum Gasteiger partial charge on any atom is -0.324 e. The second kappa shape index (κ2) is 5.99.